The normalized spacial score (nSPS) is 20.2. The molecule has 1 saturated carbocycles. The maximum Gasteiger partial charge on any atom is 0.332 e. The highest BCUT2D eigenvalue weighted by Crippen LogP contribution is 2.43. The second-order valence-corrected chi connectivity index (χ2v) is 11.3. The second-order valence-electron chi connectivity index (χ2n) is 10.8. The van der Waals surface area contributed by atoms with Crippen LogP contribution in [0.15, 0.2) is 12.1 Å². The van der Waals surface area contributed by atoms with Crippen LogP contribution in [-0.4, -0.2) is 41.3 Å². The standard InChI is InChI=1S/C26H33ClN4O6/c1-12(17-11-26(2,3)30-24(17)34)7-19(32)37-31-25(35)16(8-13-5-6-13)20-15-9-14(36-4)10-18(27)21(15)29-22(20)23(28)33/h9-10,12-13,16-17,29H,5-8,11H2,1-4H3,(H2,28,33)(H,30,34)(H,31,35)/t12?,16-,17+/m0/s1. The van der Waals surface area contributed by atoms with E-state index in [2.05, 4.69) is 15.8 Å². The number of rotatable bonds is 9. The Hall–Kier alpha value is -3.27. The summed E-state index contributed by atoms with van der Waals surface area (Å²) in [6, 6.07) is 3.29. The predicted octanol–water partition coefficient (Wildman–Crippen LogP) is 3.33. The molecule has 3 atom stereocenters. The molecule has 4 rings (SSSR count). The summed E-state index contributed by atoms with van der Waals surface area (Å²) < 4.78 is 5.33. The van der Waals surface area contributed by atoms with Gasteiger partial charge in [0.15, 0.2) is 0 Å². The van der Waals surface area contributed by atoms with E-state index in [1.54, 1.807) is 12.1 Å². The lowest BCUT2D eigenvalue weighted by Crippen LogP contribution is -2.35. The first kappa shape index (κ1) is 26.8. The number of hydrogen-bond acceptors (Lipinski definition) is 6. The first-order valence-electron chi connectivity index (χ1n) is 12.4. The SMILES string of the molecule is COc1cc(Cl)c2[nH]c(C(N)=O)c([C@H](CC3CC3)C(=O)NOC(=O)CC(C)[C@H]3CC(C)(C)NC3=O)c2c1. The molecule has 200 valence electrons. The number of nitrogens with one attached hydrogen (secondary N) is 3. The number of H-pyrrole nitrogens is 1. The average molecular weight is 533 g/mol. The van der Waals surface area contributed by atoms with Crippen LogP contribution < -0.4 is 21.3 Å². The van der Waals surface area contributed by atoms with E-state index in [0.717, 1.165) is 12.8 Å². The van der Waals surface area contributed by atoms with Crippen molar-refractivity contribution in [2.75, 3.05) is 7.11 Å². The smallest absolute Gasteiger partial charge is 0.332 e. The van der Waals surface area contributed by atoms with Gasteiger partial charge in [0, 0.05) is 28.5 Å². The van der Waals surface area contributed by atoms with Gasteiger partial charge in [-0.15, -0.1) is 0 Å². The van der Waals surface area contributed by atoms with Crippen LogP contribution in [0.25, 0.3) is 10.9 Å². The molecule has 2 aliphatic rings. The monoisotopic (exact) mass is 532 g/mol. The number of methoxy groups -OCH3 is 1. The van der Waals surface area contributed by atoms with Crippen molar-refractivity contribution in [2.24, 2.45) is 23.5 Å². The zero-order chi connectivity index (χ0) is 27.1. The van der Waals surface area contributed by atoms with E-state index in [9.17, 15) is 19.2 Å². The van der Waals surface area contributed by atoms with Crippen LogP contribution in [-0.2, 0) is 19.2 Å². The number of benzene rings is 1. The number of ether oxygens (including phenoxy) is 1. The molecule has 5 N–H and O–H groups in total. The minimum absolute atomic E-state index is 0.0336. The van der Waals surface area contributed by atoms with Gasteiger partial charge in [-0.2, -0.15) is 5.48 Å². The predicted molar refractivity (Wildman–Crippen MR) is 137 cm³/mol. The van der Waals surface area contributed by atoms with Crippen molar-refractivity contribution in [3.05, 3.63) is 28.4 Å². The quantitative estimate of drug-likeness (QED) is 0.363. The van der Waals surface area contributed by atoms with Crippen molar-refractivity contribution in [2.45, 2.75) is 64.3 Å². The van der Waals surface area contributed by atoms with Crippen LogP contribution in [0.5, 0.6) is 5.75 Å². The zero-order valence-corrected chi connectivity index (χ0v) is 22.2. The molecule has 2 heterocycles. The van der Waals surface area contributed by atoms with Gasteiger partial charge in [0.2, 0.25) is 5.91 Å². The van der Waals surface area contributed by atoms with Crippen LogP contribution >= 0.6 is 11.6 Å². The summed E-state index contributed by atoms with van der Waals surface area (Å²) in [6.07, 6.45) is 2.93. The van der Waals surface area contributed by atoms with E-state index >= 15 is 0 Å². The number of carbonyl (C=O) groups excluding carboxylic acids is 4. The van der Waals surface area contributed by atoms with E-state index in [1.807, 2.05) is 20.8 Å². The van der Waals surface area contributed by atoms with Crippen LogP contribution in [0.4, 0.5) is 0 Å². The molecule has 1 aromatic carbocycles. The van der Waals surface area contributed by atoms with Gasteiger partial charge in [0.25, 0.3) is 11.8 Å². The average Bonchev–Trinajstić information content (AvgIpc) is 3.48. The highest BCUT2D eigenvalue weighted by molar-refractivity contribution is 6.35. The summed E-state index contributed by atoms with van der Waals surface area (Å²) in [5, 5.41) is 3.77. The van der Waals surface area contributed by atoms with E-state index in [1.165, 1.54) is 7.11 Å². The molecule has 1 aliphatic carbocycles. The molecular weight excluding hydrogens is 500 g/mol. The fraction of sp³-hybridized carbons (Fsp3) is 0.538. The van der Waals surface area contributed by atoms with Gasteiger partial charge in [0.1, 0.15) is 11.4 Å². The van der Waals surface area contributed by atoms with E-state index in [0.29, 0.717) is 46.0 Å². The number of fused-ring (bicyclic) bond motifs is 1. The number of aromatic nitrogens is 1. The van der Waals surface area contributed by atoms with Crippen molar-refractivity contribution in [3.63, 3.8) is 0 Å². The van der Waals surface area contributed by atoms with Gasteiger partial charge in [-0.25, -0.2) is 4.79 Å². The number of halogens is 1. The third-order valence-corrected chi connectivity index (χ3v) is 7.55. The number of nitrogens with two attached hydrogens (primary N) is 1. The number of carbonyl (C=O) groups is 4. The van der Waals surface area contributed by atoms with E-state index in [-0.39, 0.29) is 35.4 Å². The lowest BCUT2D eigenvalue weighted by molar-refractivity contribution is -0.160. The lowest BCUT2D eigenvalue weighted by atomic mass is 9.85. The van der Waals surface area contributed by atoms with Crippen LogP contribution in [0, 0.1) is 17.8 Å². The summed E-state index contributed by atoms with van der Waals surface area (Å²) in [7, 11) is 1.49. The first-order chi connectivity index (χ1) is 17.4. The Morgan fingerprint density at radius 1 is 1.27 bits per heavy atom. The van der Waals surface area contributed by atoms with Crippen LogP contribution in [0.1, 0.15) is 74.8 Å². The van der Waals surface area contributed by atoms with Crippen LogP contribution in [0.3, 0.4) is 0 Å². The number of aromatic amines is 1. The van der Waals surface area contributed by atoms with Crippen molar-refractivity contribution in [3.8, 4) is 5.75 Å². The number of hydrogen-bond donors (Lipinski definition) is 4. The van der Waals surface area contributed by atoms with Crippen molar-refractivity contribution < 1.29 is 28.8 Å². The number of hydroxylamine groups is 1. The first-order valence-corrected chi connectivity index (χ1v) is 12.8. The maximum atomic E-state index is 13.4. The van der Waals surface area contributed by atoms with Gasteiger partial charge in [0.05, 0.1) is 30.0 Å². The van der Waals surface area contributed by atoms with Crippen molar-refractivity contribution >= 4 is 46.2 Å². The molecular formula is C26H33ClN4O6. The Kier molecular flexibility index (Phi) is 7.41. The Labute approximate surface area is 219 Å². The topological polar surface area (TPSA) is 153 Å². The summed E-state index contributed by atoms with van der Waals surface area (Å²) in [6.45, 7) is 5.68. The van der Waals surface area contributed by atoms with Gasteiger partial charge >= 0.3 is 5.97 Å². The fourth-order valence-corrected chi connectivity index (χ4v) is 5.43. The molecule has 0 bridgehead atoms. The van der Waals surface area contributed by atoms with Crippen LogP contribution in [0.2, 0.25) is 5.02 Å². The fourth-order valence-electron chi connectivity index (χ4n) is 5.17. The largest absolute Gasteiger partial charge is 0.497 e. The molecule has 2 fully saturated rings. The number of primary amides is 1. The van der Waals surface area contributed by atoms with Gasteiger partial charge in [-0.05, 0) is 44.6 Å². The maximum absolute atomic E-state index is 13.4. The minimum Gasteiger partial charge on any atom is -0.497 e. The summed E-state index contributed by atoms with van der Waals surface area (Å²) in [5.74, 6) is -2.70. The Bertz CT molecular complexity index is 1250. The van der Waals surface area contributed by atoms with Crippen molar-refractivity contribution in [1.29, 1.82) is 0 Å². The molecule has 1 unspecified atom stereocenters. The Balaban J connectivity index is 1.53. The van der Waals surface area contributed by atoms with Gasteiger partial charge in [-0.3, -0.25) is 14.4 Å². The van der Waals surface area contributed by atoms with Gasteiger partial charge in [-0.1, -0.05) is 31.4 Å². The Morgan fingerprint density at radius 3 is 2.54 bits per heavy atom. The summed E-state index contributed by atoms with van der Waals surface area (Å²) >= 11 is 6.40. The second kappa shape index (κ2) is 10.2. The minimum atomic E-state index is -0.821. The van der Waals surface area contributed by atoms with Crippen molar-refractivity contribution in [1.82, 2.24) is 15.8 Å². The summed E-state index contributed by atoms with van der Waals surface area (Å²) in [4.78, 5) is 58.6. The molecule has 1 aliphatic heterocycles. The molecule has 3 amide bonds. The molecule has 1 aromatic heterocycles. The number of amides is 3. The third kappa shape index (κ3) is 5.84. The van der Waals surface area contributed by atoms with Gasteiger partial charge < -0.3 is 25.6 Å². The molecule has 37 heavy (non-hydrogen) atoms. The molecule has 1 saturated heterocycles. The molecule has 11 heteroatoms. The Morgan fingerprint density at radius 2 is 1.97 bits per heavy atom. The molecule has 0 radical (unpaired) electrons. The molecule has 0 spiro atoms. The highest BCUT2D eigenvalue weighted by Gasteiger charge is 2.41. The lowest BCUT2D eigenvalue weighted by Gasteiger charge is -2.20. The summed E-state index contributed by atoms with van der Waals surface area (Å²) in [5.41, 5.74) is 8.53. The van der Waals surface area contributed by atoms with E-state index < -0.39 is 23.7 Å². The highest BCUT2D eigenvalue weighted by atomic mass is 35.5. The molecule has 2 aromatic rings. The third-order valence-electron chi connectivity index (χ3n) is 7.26. The van der Waals surface area contributed by atoms with E-state index in [4.69, 9.17) is 26.9 Å². The molecule has 10 nitrogen and oxygen atoms in total. The zero-order valence-electron chi connectivity index (χ0n) is 21.4.